The molecule has 2 bridgehead atoms. The number of fused-ring (bicyclic) bond motifs is 9. The molecule has 3 unspecified atom stereocenters. The fraction of sp³-hybridized carbons (Fsp3) is 0.421. The molecule has 0 radical (unpaired) electrons. The highest BCUT2D eigenvalue weighted by Crippen LogP contribution is 2.64. The zero-order valence-electron chi connectivity index (χ0n) is 13.7. The monoisotopic (exact) mass is 333 g/mol. The summed E-state index contributed by atoms with van der Waals surface area (Å²) in [5.41, 5.74) is 4.49. The van der Waals surface area contributed by atoms with Crippen molar-refractivity contribution in [3.63, 3.8) is 0 Å². The molecule has 1 aliphatic heterocycles. The van der Waals surface area contributed by atoms with Gasteiger partial charge in [-0.1, -0.05) is 0 Å². The van der Waals surface area contributed by atoms with E-state index in [1.165, 1.54) is 42.2 Å². The van der Waals surface area contributed by atoms with Crippen molar-refractivity contribution in [2.24, 2.45) is 17.8 Å². The van der Waals surface area contributed by atoms with E-state index in [0.717, 1.165) is 17.1 Å². The van der Waals surface area contributed by atoms with Crippen molar-refractivity contribution in [1.29, 1.82) is 0 Å². The third-order valence-electron chi connectivity index (χ3n) is 6.69. The van der Waals surface area contributed by atoms with Gasteiger partial charge in [0.1, 0.15) is 0 Å². The van der Waals surface area contributed by atoms with E-state index < -0.39 is 0 Å². The lowest BCUT2D eigenvalue weighted by molar-refractivity contribution is 0.246. The van der Waals surface area contributed by atoms with Crippen molar-refractivity contribution >= 4 is 16.6 Å². The van der Waals surface area contributed by atoms with Gasteiger partial charge in [-0.3, -0.25) is 9.89 Å². The van der Waals surface area contributed by atoms with Gasteiger partial charge in [0.05, 0.1) is 29.8 Å². The number of nitrogens with one attached hydrogen (secondary N) is 3. The van der Waals surface area contributed by atoms with E-state index in [1.54, 1.807) is 6.07 Å². The Kier molecular flexibility index (Phi) is 2.57. The van der Waals surface area contributed by atoms with E-state index in [9.17, 15) is 4.79 Å². The molecule has 0 spiro atoms. The first kappa shape index (κ1) is 13.6. The minimum Gasteiger partial charge on any atom is -0.376 e. The number of hydrogen-bond donors (Lipinski definition) is 3. The van der Waals surface area contributed by atoms with Crippen LogP contribution in [-0.2, 0) is 0 Å². The average Bonchev–Trinajstić information content (AvgIpc) is 3.36. The van der Waals surface area contributed by atoms with Gasteiger partial charge in [-0.15, -0.1) is 0 Å². The van der Waals surface area contributed by atoms with Gasteiger partial charge in [0.2, 0.25) is 0 Å². The molecule has 6 heteroatoms. The van der Waals surface area contributed by atoms with E-state index in [2.05, 4.69) is 37.6 Å². The smallest absolute Gasteiger partial charge is 0.250 e. The summed E-state index contributed by atoms with van der Waals surface area (Å²) in [4.78, 5) is 19.0. The number of nitrogens with zero attached hydrogens (tertiary/aromatic N) is 2. The first-order valence-corrected chi connectivity index (χ1v) is 9.07. The Morgan fingerprint density at radius 1 is 1.16 bits per heavy atom. The maximum atomic E-state index is 11.8. The Labute approximate surface area is 144 Å². The molecular weight excluding hydrogens is 314 g/mol. The minimum absolute atomic E-state index is 0.0809. The molecule has 2 saturated carbocycles. The van der Waals surface area contributed by atoms with Gasteiger partial charge in [0, 0.05) is 17.1 Å². The molecular formula is C19H19N5O. The number of anilines is 1. The van der Waals surface area contributed by atoms with Gasteiger partial charge in [-0.2, -0.15) is 5.10 Å². The van der Waals surface area contributed by atoms with E-state index in [-0.39, 0.29) is 11.6 Å². The normalized spacial score (nSPS) is 32.4. The van der Waals surface area contributed by atoms with Crippen LogP contribution in [0.15, 0.2) is 35.5 Å². The van der Waals surface area contributed by atoms with Crippen LogP contribution in [-0.4, -0.2) is 20.2 Å². The second kappa shape index (κ2) is 4.71. The summed E-state index contributed by atoms with van der Waals surface area (Å²) < 4.78 is 0. The van der Waals surface area contributed by atoms with Crippen LogP contribution in [0.3, 0.4) is 0 Å². The molecule has 3 N–H and O–H groups in total. The Morgan fingerprint density at radius 3 is 3.00 bits per heavy atom. The van der Waals surface area contributed by atoms with Crippen LogP contribution in [0.4, 0.5) is 5.69 Å². The van der Waals surface area contributed by atoms with Gasteiger partial charge in [-0.05, 0) is 60.6 Å². The molecule has 5 atom stereocenters. The van der Waals surface area contributed by atoms with Crippen molar-refractivity contribution < 1.29 is 0 Å². The summed E-state index contributed by atoms with van der Waals surface area (Å²) in [6.07, 6.45) is 7.39. The molecule has 2 aliphatic carbocycles. The summed E-state index contributed by atoms with van der Waals surface area (Å²) in [5.74, 6) is 2.48. The molecule has 3 aromatic rings. The van der Waals surface area contributed by atoms with E-state index in [1.807, 2.05) is 6.20 Å². The lowest BCUT2D eigenvalue weighted by atomic mass is 9.68. The average molecular weight is 333 g/mol. The molecule has 0 saturated heterocycles. The second-order valence-corrected chi connectivity index (χ2v) is 7.75. The van der Waals surface area contributed by atoms with Crippen molar-refractivity contribution in [3.8, 4) is 0 Å². The van der Waals surface area contributed by atoms with Gasteiger partial charge in [0.25, 0.3) is 5.56 Å². The molecule has 25 heavy (non-hydrogen) atoms. The van der Waals surface area contributed by atoms with E-state index in [0.29, 0.717) is 17.8 Å². The molecule has 3 heterocycles. The Morgan fingerprint density at radius 2 is 2.08 bits per heavy atom. The summed E-state index contributed by atoms with van der Waals surface area (Å²) >= 11 is 0. The number of aromatic nitrogens is 4. The highest BCUT2D eigenvalue weighted by Gasteiger charge is 2.54. The molecule has 3 aliphatic rings. The van der Waals surface area contributed by atoms with Crippen LogP contribution in [0.5, 0.6) is 0 Å². The minimum atomic E-state index is -0.0809. The molecule has 126 valence electrons. The predicted molar refractivity (Wildman–Crippen MR) is 94.4 cm³/mol. The molecule has 6 rings (SSSR count). The van der Waals surface area contributed by atoms with Gasteiger partial charge in [-0.25, -0.2) is 4.98 Å². The topological polar surface area (TPSA) is 86.5 Å². The lowest BCUT2D eigenvalue weighted by Gasteiger charge is -2.43. The SMILES string of the molecule is O=c1cc(C2Nc3ccc4[nH]ncc4c3[C@H]3C4CCC(C4)[C@@H]23)nc[nH]1. The van der Waals surface area contributed by atoms with Crippen molar-refractivity contribution in [3.05, 3.63) is 52.3 Å². The molecule has 6 nitrogen and oxygen atoms in total. The van der Waals surface area contributed by atoms with Crippen LogP contribution >= 0.6 is 0 Å². The van der Waals surface area contributed by atoms with Crippen LogP contribution in [0.1, 0.15) is 42.5 Å². The Bertz CT molecular complexity index is 1040. The summed E-state index contributed by atoms with van der Waals surface area (Å²) in [6, 6.07) is 6.00. The zero-order valence-corrected chi connectivity index (χ0v) is 13.7. The third-order valence-corrected chi connectivity index (χ3v) is 6.69. The van der Waals surface area contributed by atoms with Crippen molar-refractivity contribution in [2.75, 3.05) is 5.32 Å². The number of benzene rings is 1. The lowest BCUT2D eigenvalue weighted by Crippen LogP contribution is -2.36. The van der Waals surface area contributed by atoms with Gasteiger partial charge in [0.15, 0.2) is 0 Å². The fourth-order valence-corrected chi connectivity index (χ4v) is 5.86. The molecule has 2 aromatic heterocycles. The second-order valence-electron chi connectivity index (χ2n) is 7.75. The van der Waals surface area contributed by atoms with Crippen molar-refractivity contribution in [2.45, 2.75) is 31.2 Å². The number of rotatable bonds is 1. The van der Waals surface area contributed by atoms with Crippen LogP contribution < -0.4 is 10.9 Å². The number of H-pyrrole nitrogens is 2. The first-order chi connectivity index (χ1) is 12.3. The summed E-state index contributed by atoms with van der Waals surface area (Å²) in [5, 5.41) is 12.3. The van der Waals surface area contributed by atoms with Crippen molar-refractivity contribution in [1.82, 2.24) is 20.2 Å². The molecule has 1 aromatic carbocycles. The van der Waals surface area contributed by atoms with Crippen LogP contribution in [0, 0.1) is 17.8 Å². The maximum Gasteiger partial charge on any atom is 0.250 e. The van der Waals surface area contributed by atoms with Gasteiger partial charge < -0.3 is 10.3 Å². The predicted octanol–water partition coefficient (Wildman–Crippen LogP) is 2.94. The van der Waals surface area contributed by atoms with Gasteiger partial charge >= 0.3 is 0 Å². The Hall–Kier alpha value is -2.63. The first-order valence-electron chi connectivity index (χ1n) is 9.07. The molecule has 2 fully saturated rings. The number of hydrogen-bond acceptors (Lipinski definition) is 4. The maximum absolute atomic E-state index is 11.8. The number of aromatic amines is 2. The highest BCUT2D eigenvalue weighted by molar-refractivity contribution is 5.88. The summed E-state index contributed by atoms with van der Waals surface area (Å²) in [7, 11) is 0. The standard InChI is InChI=1S/C19H19N5O/c25-15-6-14(20-8-21-15)19-17-10-2-1-9(5-10)16(17)18-11-7-22-24-12(11)3-4-13(18)23-19/h3-4,6-10,16-17,19,23H,1-2,5H2,(H,22,24)(H,20,21,25)/t9?,10?,16-,17+,19?/m0/s1. The van der Waals surface area contributed by atoms with E-state index >= 15 is 0 Å². The molecule has 0 amide bonds. The van der Waals surface area contributed by atoms with Crippen LogP contribution in [0.2, 0.25) is 0 Å². The fourth-order valence-electron chi connectivity index (χ4n) is 5.86. The zero-order chi connectivity index (χ0) is 16.5. The van der Waals surface area contributed by atoms with Crippen LogP contribution in [0.25, 0.3) is 10.9 Å². The summed E-state index contributed by atoms with van der Waals surface area (Å²) in [6.45, 7) is 0. The van der Waals surface area contributed by atoms with E-state index in [4.69, 9.17) is 0 Å². The highest BCUT2D eigenvalue weighted by atomic mass is 16.1. The quantitative estimate of drug-likeness (QED) is 0.639. The Balaban J connectivity index is 1.58. The third kappa shape index (κ3) is 1.77. The largest absolute Gasteiger partial charge is 0.376 e.